The summed E-state index contributed by atoms with van der Waals surface area (Å²) in [6.07, 6.45) is 1.07. The van der Waals surface area contributed by atoms with Crippen LogP contribution in [0.3, 0.4) is 0 Å². The van der Waals surface area contributed by atoms with Crippen molar-refractivity contribution in [3.63, 3.8) is 0 Å². The molecule has 0 aliphatic carbocycles. The average Bonchev–Trinajstić information content (AvgIpc) is 3.06. The lowest BCUT2D eigenvalue weighted by atomic mass is 10.2. The molecule has 2 fully saturated rings. The number of rotatable bonds is 3. The predicted octanol–water partition coefficient (Wildman–Crippen LogP) is 0.498. The molecule has 0 spiro atoms. The third kappa shape index (κ3) is 4.19. The summed E-state index contributed by atoms with van der Waals surface area (Å²) >= 11 is 0. The second kappa shape index (κ2) is 6.53. The van der Waals surface area contributed by atoms with E-state index in [1.807, 2.05) is 0 Å². The molecule has 2 aliphatic rings. The summed E-state index contributed by atoms with van der Waals surface area (Å²) < 4.78 is 0. The van der Waals surface area contributed by atoms with Gasteiger partial charge in [-0.1, -0.05) is 0 Å². The highest BCUT2D eigenvalue weighted by Gasteiger charge is 2.40. The van der Waals surface area contributed by atoms with E-state index >= 15 is 0 Å². The van der Waals surface area contributed by atoms with Gasteiger partial charge in [-0.15, -0.1) is 5.06 Å². The Morgan fingerprint density at radius 1 is 1.17 bits per heavy atom. The number of hydrogen-bond donors (Lipinski definition) is 1. The number of likely N-dealkylation sites (tertiary alicyclic amines) is 1. The second-order valence-electron chi connectivity index (χ2n) is 6.47. The van der Waals surface area contributed by atoms with Gasteiger partial charge in [0.1, 0.15) is 6.04 Å². The molecule has 9 nitrogen and oxygen atoms in total. The van der Waals surface area contributed by atoms with Crippen LogP contribution in [0.2, 0.25) is 0 Å². The summed E-state index contributed by atoms with van der Waals surface area (Å²) in [7, 11) is 0. The molecule has 2 aliphatic heterocycles. The molecule has 9 heteroatoms. The number of hydrogen-bond acceptors (Lipinski definition) is 6. The summed E-state index contributed by atoms with van der Waals surface area (Å²) in [5.41, 5.74) is 1.72. The zero-order valence-electron chi connectivity index (χ0n) is 13.5. The lowest BCUT2D eigenvalue weighted by Crippen LogP contribution is -2.49. The van der Waals surface area contributed by atoms with Crippen molar-refractivity contribution in [3.05, 3.63) is 0 Å². The van der Waals surface area contributed by atoms with E-state index in [1.54, 1.807) is 20.8 Å². The largest absolute Gasteiger partial charge is 0.355 e. The number of carbonyl (C=O) groups excluding carboxylic acids is 4. The number of amides is 4. The first-order valence-corrected chi connectivity index (χ1v) is 7.51. The fourth-order valence-corrected chi connectivity index (χ4v) is 2.32. The average molecular weight is 327 g/mol. The third-order valence-electron chi connectivity index (χ3n) is 3.42. The molecule has 1 atom stereocenters. The van der Waals surface area contributed by atoms with Crippen LogP contribution in [0.15, 0.2) is 0 Å². The van der Waals surface area contributed by atoms with Crippen LogP contribution in [0.25, 0.3) is 0 Å². The summed E-state index contributed by atoms with van der Waals surface area (Å²) in [6.45, 7) is 5.68. The highest BCUT2D eigenvalue weighted by Crippen LogP contribution is 2.21. The molecular weight excluding hydrogens is 306 g/mol. The Hall–Kier alpha value is -2.16. The lowest BCUT2D eigenvalue weighted by molar-refractivity contribution is -0.200. The van der Waals surface area contributed by atoms with Gasteiger partial charge in [0, 0.05) is 19.4 Å². The first-order chi connectivity index (χ1) is 10.7. The molecule has 23 heavy (non-hydrogen) atoms. The first kappa shape index (κ1) is 17.2. The molecule has 2 saturated heterocycles. The zero-order chi connectivity index (χ0) is 17.2. The van der Waals surface area contributed by atoms with Gasteiger partial charge in [-0.05, 0) is 33.6 Å². The maximum atomic E-state index is 12.2. The lowest BCUT2D eigenvalue weighted by Gasteiger charge is -2.26. The molecule has 128 valence electrons. The van der Waals surface area contributed by atoms with Crippen LogP contribution in [0.1, 0.15) is 46.5 Å². The summed E-state index contributed by atoms with van der Waals surface area (Å²) in [5, 5.41) is 0.488. The Morgan fingerprint density at radius 2 is 1.78 bits per heavy atom. The zero-order valence-corrected chi connectivity index (χ0v) is 13.5. The highest BCUT2D eigenvalue weighted by atomic mass is 16.7. The van der Waals surface area contributed by atoms with E-state index in [9.17, 15) is 19.2 Å². The van der Waals surface area contributed by atoms with E-state index in [4.69, 9.17) is 9.68 Å². The van der Waals surface area contributed by atoms with Gasteiger partial charge in [-0.2, -0.15) is 0 Å². The molecule has 2 heterocycles. The Balaban J connectivity index is 1.95. The van der Waals surface area contributed by atoms with Gasteiger partial charge in [0.2, 0.25) is 0 Å². The van der Waals surface area contributed by atoms with E-state index < -0.39 is 35.5 Å². The Morgan fingerprint density at radius 3 is 2.35 bits per heavy atom. The molecule has 1 N–H and O–H groups in total. The van der Waals surface area contributed by atoms with Crippen molar-refractivity contribution in [1.82, 2.24) is 15.4 Å². The normalized spacial score (nSPS) is 21.8. The Labute approximate surface area is 133 Å². The number of imide groups is 1. The number of hydroxylamine groups is 3. The summed E-state index contributed by atoms with van der Waals surface area (Å²) in [4.78, 5) is 58.6. The van der Waals surface area contributed by atoms with Crippen molar-refractivity contribution >= 4 is 23.8 Å². The molecule has 0 radical (unpaired) electrons. The third-order valence-corrected chi connectivity index (χ3v) is 3.42. The minimum absolute atomic E-state index is 0.0282. The van der Waals surface area contributed by atoms with Crippen molar-refractivity contribution in [3.8, 4) is 0 Å². The number of urea groups is 1. The monoisotopic (exact) mass is 327 g/mol. The van der Waals surface area contributed by atoms with E-state index in [-0.39, 0.29) is 12.8 Å². The highest BCUT2D eigenvalue weighted by molar-refractivity contribution is 6.01. The molecule has 0 aromatic carbocycles. The van der Waals surface area contributed by atoms with Crippen molar-refractivity contribution in [2.24, 2.45) is 0 Å². The molecule has 2 rings (SSSR count). The molecule has 0 aromatic rings. The van der Waals surface area contributed by atoms with Crippen LogP contribution in [0.4, 0.5) is 4.79 Å². The molecule has 0 bridgehead atoms. The van der Waals surface area contributed by atoms with Crippen LogP contribution in [0, 0.1) is 0 Å². The molecule has 0 saturated carbocycles. The maximum Gasteiger partial charge on any atom is 0.355 e. The quantitative estimate of drug-likeness (QED) is 0.598. The first-order valence-electron chi connectivity index (χ1n) is 7.51. The smallest absolute Gasteiger partial charge is 0.328 e. The van der Waals surface area contributed by atoms with Gasteiger partial charge in [0.05, 0.1) is 5.60 Å². The van der Waals surface area contributed by atoms with Crippen molar-refractivity contribution in [1.29, 1.82) is 0 Å². The van der Waals surface area contributed by atoms with Crippen molar-refractivity contribution < 1.29 is 28.9 Å². The van der Waals surface area contributed by atoms with E-state index in [2.05, 4.69) is 5.48 Å². The van der Waals surface area contributed by atoms with E-state index in [0.717, 1.165) is 0 Å². The summed E-state index contributed by atoms with van der Waals surface area (Å²) in [5.74, 6) is -1.89. The molecule has 0 aromatic heterocycles. The van der Waals surface area contributed by atoms with Crippen molar-refractivity contribution in [2.75, 3.05) is 6.54 Å². The standard InChI is InChI=1S/C14H21N3O6/c1-14(2,3)23-15-13(21)16-8-4-5-9(16)12(20)22-17-10(18)6-7-11(17)19/h9H,4-8H2,1-3H3,(H,15,21)/t9-/m0/s1. The molecular formula is C14H21N3O6. The Bertz CT molecular complexity index is 511. The fourth-order valence-electron chi connectivity index (χ4n) is 2.32. The second-order valence-corrected chi connectivity index (χ2v) is 6.47. The van der Waals surface area contributed by atoms with Crippen LogP contribution in [-0.2, 0) is 24.1 Å². The van der Waals surface area contributed by atoms with Crippen molar-refractivity contribution in [2.45, 2.75) is 58.1 Å². The van der Waals surface area contributed by atoms with Crippen LogP contribution in [-0.4, -0.2) is 52.0 Å². The van der Waals surface area contributed by atoms with Gasteiger partial charge in [0.15, 0.2) is 0 Å². The minimum atomic E-state index is -0.847. The van der Waals surface area contributed by atoms with Crippen LogP contribution >= 0.6 is 0 Å². The topological polar surface area (TPSA) is 105 Å². The maximum absolute atomic E-state index is 12.2. The van der Waals surface area contributed by atoms with Gasteiger partial charge < -0.3 is 9.74 Å². The predicted molar refractivity (Wildman–Crippen MR) is 76.3 cm³/mol. The Kier molecular flexibility index (Phi) is 4.88. The fraction of sp³-hybridized carbons (Fsp3) is 0.714. The van der Waals surface area contributed by atoms with Gasteiger partial charge >= 0.3 is 12.0 Å². The number of carbonyl (C=O) groups is 4. The number of nitrogens with one attached hydrogen (secondary N) is 1. The van der Waals surface area contributed by atoms with Crippen LogP contribution < -0.4 is 5.48 Å². The minimum Gasteiger partial charge on any atom is -0.328 e. The molecule has 4 amide bonds. The van der Waals surface area contributed by atoms with Crippen LogP contribution in [0.5, 0.6) is 0 Å². The SMILES string of the molecule is CC(C)(C)ONC(=O)N1CCC[C@H]1C(=O)ON1C(=O)CCC1=O. The van der Waals surface area contributed by atoms with Gasteiger partial charge in [-0.3, -0.25) is 14.4 Å². The molecule has 0 unspecified atom stereocenters. The van der Waals surface area contributed by atoms with Gasteiger partial charge in [0.25, 0.3) is 11.8 Å². The van der Waals surface area contributed by atoms with E-state index in [1.165, 1.54) is 4.90 Å². The number of nitrogens with zero attached hydrogens (tertiary/aromatic N) is 2. The summed E-state index contributed by atoms with van der Waals surface area (Å²) in [6, 6.07) is -1.40. The van der Waals surface area contributed by atoms with E-state index in [0.29, 0.717) is 24.4 Å². The van der Waals surface area contributed by atoms with Gasteiger partial charge in [-0.25, -0.2) is 15.1 Å².